The molecule has 2 atom stereocenters. The predicted octanol–water partition coefficient (Wildman–Crippen LogP) is 3.14. The fourth-order valence-corrected chi connectivity index (χ4v) is 5.44. The Labute approximate surface area is 213 Å². The van der Waals surface area contributed by atoms with Crippen LogP contribution < -0.4 is 10.1 Å². The van der Waals surface area contributed by atoms with Crippen molar-refractivity contribution < 1.29 is 23.1 Å². The molecule has 2 N–H and O–H groups in total. The number of carbonyl (C=O) groups excluding carboxylic acids is 1. The average Bonchev–Trinajstić information content (AvgIpc) is 2.88. The van der Waals surface area contributed by atoms with Crippen molar-refractivity contribution in [3.8, 4) is 5.75 Å². The molecule has 3 aromatic rings. The lowest BCUT2D eigenvalue weighted by molar-refractivity contribution is 0.0775. The monoisotopic (exact) mass is 511 g/mol. The third-order valence-corrected chi connectivity index (χ3v) is 7.52. The molecule has 0 aliphatic carbocycles. The van der Waals surface area contributed by atoms with Gasteiger partial charge in [-0.3, -0.25) is 9.78 Å². The highest BCUT2D eigenvalue weighted by atomic mass is 32.2. The standard InChI is InChI=1S/C27H33N3O5S/c1-20(2)18-30(36(33,34)24-11-9-23(35-3)10-12-24)19-26(31)25(17-21-7-5-4-6-8-21)29-27(32)22-13-15-28-16-14-22/h4-16,20,25-26,31H,17-19H2,1-3H3,(H,29,32)/t25?,26-/m1/s1. The van der Waals surface area contributed by atoms with Crippen LogP contribution in [0.25, 0.3) is 0 Å². The number of hydrogen-bond donors (Lipinski definition) is 2. The molecule has 1 unspecified atom stereocenters. The van der Waals surface area contributed by atoms with Gasteiger partial charge < -0.3 is 15.2 Å². The molecule has 1 aromatic heterocycles. The molecule has 1 heterocycles. The first-order chi connectivity index (χ1) is 17.2. The van der Waals surface area contributed by atoms with Gasteiger partial charge in [-0.1, -0.05) is 44.2 Å². The van der Waals surface area contributed by atoms with Crippen LogP contribution in [0.4, 0.5) is 0 Å². The van der Waals surface area contributed by atoms with Crippen LogP contribution in [0.3, 0.4) is 0 Å². The Kier molecular flexibility index (Phi) is 9.58. The van der Waals surface area contributed by atoms with Crippen molar-refractivity contribution in [3.05, 3.63) is 90.3 Å². The smallest absolute Gasteiger partial charge is 0.251 e. The number of aromatic nitrogens is 1. The Morgan fingerprint density at radius 3 is 2.22 bits per heavy atom. The molecule has 192 valence electrons. The maximum atomic E-state index is 13.5. The number of carbonyl (C=O) groups is 1. The molecular weight excluding hydrogens is 478 g/mol. The Hall–Kier alpha value is -3.27. The Balaban J connectivity index is 1.87. The van der Waals surface area contributed by atoms with E-state index in [1.165, 1.54) is 35.9 Å². The molecule has 9 heteroatoms. The normalized spacial score (nSPS) is 13.4. The summed E-state index contributed by atoms with van der Waals surface area (Å²) in [4.78, 5) is 16.9. The van der Waals surface area contributed by atoms with E-state index >= 15 is 0 Å². The third-order valence-electron chi connectivity index (χ3n) is 5.68. The van der Waals surface area contributed by atoms with Gasteiger partial charge in [-0.2, -0.15) is 4.31 Å². The molecule has 0 aliphatic heterocycles. The molecule has 0 saturated heterocycles. The highest BCUT2D eigenvalue weighted by Gasteiger charge is 2.31. The van der Waals surface area contributed by atoms with Gasteiger partial charge in [0.15, 0.2) is 0 Å². The highest BCUT2D eigenvalue weighted by Crippen LogP contribution is 2.22. The van der Waals surface area contributed by atoms with E-state index in [1.54, 1.807) is 24.3 Å². The van der Waals surface area contributed by atoms with Crippen LogP contribution in [0.1, 0.15) is 29.8 Å². The summed E-state index contributed by atoms with van der Waals surface area (Å²) in [6.45, 7) is 3.85. The lowest BCUT2D eigenvalue weighted by Gasteiger charge is -2.30. The molecule has 3 rings (SSSR count). The van der Waals surface area contributed by atoms with Gasteiger partial charge in [0.25, 0.3) is 5.91 Å². The van der Waals surface area contributed by atoms with Crippen molar-refractivity contribution in [1.29, 1.82) is 0 Å². The number of methoxy groups -OCH3 is 1. The first-order valence-electron chi connectivity index (χ1n) is 11.8. The maximum absolute atomic E-state index is 13.5. The van der Waals surface area contributed by atoms with Crippen LogP contribution in [0.5, 0.6) is 5.75 Å². The molecule has 0 radical (unpaired) electrons. The fraction of sp³-hybridized carbons (Fsp3) is 0.333. The van der Waals surface area contributed by atoms with Gasteiger partial charge >= 0.3 is 0 Å². The lowest BCUT2D eigenvalue weighted by Crippen LogP contribution is -2.51. The van der Waals surface area contributed by atoms with Crippen molar-refractivity contribution in [3.63, 3.8) is 0 Å². The number of sulfonamides is 1. The summed E-state index contributed by atoms with van der Waals surface area (Å²) in [6.07, 6.45) is 2.20. The third kappa shape index (κ3) is 7.36. The predicted molar refractivity (Wildman–Crippen MR) is 138 cm³/mol. The lowest BCUT2D eigenvalue weighted by atomic mass is 10.0. The van der Waals surface area contributed by atoms with Gasteiger partial charge in [-0.25, -0.2) is 8.42 Å². The number of ether oxygens (including phenoxy) is 1. The minimum absolute atomic E-state index is 0.0178. The second-order valence-corrected chi connectivity index (χ2v) is 10.9. The van der Waals surface area contributed by atoms with Gasteiger partial charge in [-0.15, -0.1) is 0 Å². The van der Waals surface area contributed by atoms with Gasteiger partial charge in [-0.05, 0) is 54.3 Å². The number of rotatable bonds is 12. The number of aliphatic hydroxyl groups is 1. The zero-order chi connectivity index (χ0) is 26.1. The number of nitrogens with one attached hydrogen (secondary N) is 1. The summed E-state index contributed by atoms with van der Waals surface area (Å²) in [7, 11) is -2.39. The summed E-state index contributed by atoms with van der Waals surface area (Å²) in [5.41, 5.74) is 1.31. The highest BCUT2D eigenvalue weighted by molar-refractivity contribution is 7.89. The van der Waals surface area contributed by atoms with E-state index < -0.39 is 22.2 Å². The van der Waals surface area contributed by atoms with Crippen LogP contribution in [-0.4, -0.2) is 61.1 Å². The molecule has 0 aliphatic rings. The van der Waals surface area contributed by atoms with E-state index in [9.17, 15) is 18.3 Å². The van der Waals surface area contributed by atoms with Crippen molar-refractivity contribution in [2.24, 2.45) is 5.92 Å². The molecule has 0 bridgehead atoms. The summed E-state index contributed by atoms with van der Waals surface area (Å²) < 4.78 is 33.4. The van der Waals surface area contributed by atoms with Crippen LogP contribution in [-0.2, 0) is 16.4 Å². The van der Waals surface area contributed by atoms with Crippen molar-refractivity contribution in [1.82, 2.24) is 14.6 Å². The molecule has 8 nitrogen and oxygen atoms in total. The molecule has 36 heavy (non-hydrogen) atoms. The number of hydrogen-bond acceptors (Lipinski definition) is 6. The molecule has 2 aromatic carbocycles. The van der Waals surface area contributed by atoms with Crippen molar-refractivity contribution >= 4 is 15.9 Å². The summed E-state index contributed by atoms with van der Waals surface area (Å²) in [5.74, 6) is 0.196. The van der Waals surface area contributed by atoms with Gasteiger partial charge in [0.05, 0.1) is 24.2 Å². The summed E-state index contributed by atoms with van der Waals surface area (Å²) in [6, 6.07) is 18.0. The number of amides is 1. The minimum Gasteiger partial charge on any atom is -0.497 e. The minimum atomic E-state index is -3.91. The number of aliphatic hydroxyl groups excluding tert-OH is 1. The van der Waals surface area contributed by atoms with E-state index in [0.717, 1.165) is 5.56 Å². The first-order valence-corrected chi connectivity index (χ1v) is 13.2. The zero-order valence-corrected chi connectivity index (χ0v) is 21.6. The second kappa shape index (κ2) is 12.6. The van der Waals surface area contributed by atoms with Gasteiger partial charge in [0.2, 0.25) is 10.0 Å². The van der Waals surface area contributed by atoms with Crippen LogP contribution in [0, 0.1) is 5.92 Å². The Morgan fingerprint density at radius 1 is 1.00 bits per heavy atom. The average molecular weight is 512 g/mol. The van der Waals surface area contributed by atoms with Crippen LogP contribution in [0.2, 0.25) is 0 Å². The second-order valence-electron chi connectivity index (χ2n) is 8.96. The summed E-state index contributed by atoms with van der Waals surface area (Å²) in [5, 5.41) is 14.2. The van der Waals surface area contributed by atoms with Crippen molar-refractivity contribution in [2.45, 2.75) is 37.3 Å². The number of pyridine rings is 1. The van der Waals surface area contributed by atoms with Gasteiger partial charge in [0, 0.05) is 31.0 Å². The molecule has 0 saturated carbocycles. The summed E-state index contributed by atoms with van der Waals surface area (Å²) >= 11 is 0. The van der Waals surface area contributed by atoms with Crippen LogP contribution >= 0.6 is 0 Å². The van der Waals surface area contributed by atoms with E-state index in [1.807, 2.05) is 44.2 Å². The molecule has 0 fully saturated rings. The van der Waals surface area contributed by atoms with Crippen molar-refractivity contribution in [2.75, 3.05) is 20.2 Å². The SMILES string of the molecule is COc1ccc(S(=O)(=O)N(CC(C)C)C[C@@H](O)C(Cc2ccccc2)NC(=O)c2ccncc2)cc1. The molecule has 0 spiro atoms. The van der Waals surface area contributed by atoms with E-state index in [4.69, 9.17) is 4.74 Å². The number of benzene rings is 2. The molecular formula is C27H33N3O5S. The zero-order valence-electron chi connectivity index (χ0n) is 20.7. The van der Waals surface area contributed by atoms with E-state index in [0.29, 0.717) is 17.7 Å². The Morgan fingerprint density at radius 2 is 1.64 bits per heavy atom. The fourth-order valence-electron chi connectivity index (χ4n) is 3.82. The topological polar surface area (TPSA) is 109 Å². The van der Waals surface area contributed by atoms with Gasteiger partial charge in [0.1, 0.15) is 5.75 Å². The number of nitrogens with zero attached hydrogens (tertiary/aromatic N) is 2. The quantitative estimate of drug-likeness (QED) is 0.387. The Bertz CT molecular complexity index is 1200. The molecule has 1 amide bonds. The maximum Gasteiger partial charge on any atom is 0.251 e. The first kappa shape index (κ1) is 27.3. The van der Waals surface area contributed by atoms with E-state index in [-0.39, 0.29) is 29.8 Å². The largest absolute Gasteiger partial charge is 0.497 e. The van der Waals surface area contributed by atoms with Crippen LogP contribution in [0.15, 0.2) is 84.0 Å². The van der Waals surface area contributed by atoms with E-state index in [2.05, 4.69) is 10.3 Å².